The Hall–Kier alpha value is -4.13. The van der Waals surface area contributed by atoms with Crippen LogP contribution in [0.25, 0.3) is 0 Å². The third-order valence-electron chi connectivity index (χ3n) is 4.64. The molecule has 0 radical (unpaired) electrons. The van der Waals surface area contributed by atoms with Crippen molar-refractivity contribution in [3.63, 3.8) is 0 Å². The van der Waals surface area contributed by atoms with E-state index in [0.29, 0.717) is 23.6 Å². The Morgan fingerprint density at radius 1 is 1.37 bits per heavy atom. The fourth-order valence-electron chi connectivity index (χ4n) is 3.14. The molecular weight excluding hydrogens is 386 g/mol. The van der Waals surface area contributed by atoms with Crippen molar-refractivity contribution in [2.24, 2.45) is 15.2 Å². The zero-order chi connectivity index (χ0) is 21.1. The number of nitriles is 1. The molecule has 1 unspecified atom stereocenters. The lowest BCUT2D eigenvalue weighted by molar-refractivity contribution is -0.124. The van der Waals surface area contributed by atoms with E-state index < -0.39 is 18.1 Å². The predicted octanol–water partition coefficient (Wildman–Crippen LogP) is 1.23. The molecule has 1 aromatic heterocycles. The van der Waals surface area contributed by atoms with Crippen LogP contribution in [-0.4, -0.2) is 48.5 Å². The summed E-state index contributed by atoms with van der Waals surface area (Å²) in [7, 11) is 1.57. The summed E-state index contributed by atoms with van der Waals surface area (Å²) in [5.41, 5.74) is 1.40. The Bertz CT molecular complexity index is 1110. The molecule has 10 nitrogen and oxygen atoms in total. The first-order chi connectivity index (χ1) is 14.5. The second-order valence-corrected chi connectivity index (χ2v) is 6.72. The Balaban J connectivity index is 1.42. The number of rotatable bonds is 4. The maximum absolute atomic E-state index is 12.7. The summed E-state index contributed by atoms with van der Waals surface area (Å²) in [6.07, 6.45) is 1.41. The van der Waals surface area contributed by atoms with Gasteiger partial charge in [-0.3, -0.25) is 14.5 Å². The lowest BCUT2D eigenvalue weighted by atomic mass is 10.1. The van der Waals surface area contributed by atoms with Gasteiger partial charge in [0.15, 0.2) is 17.7 Å². The molecule has 10 heteroatoms. The number of likely N-dealkylation sites (N-methyl/N-ethyl adjacent to an activating group) is 1. The summed E-state index contributed by atoms with van der Waals surface area (Å²) in [5.74, 6) is -0.228. The summed E-state index contributed by atoms with van der Waals surface area (Å²) in [6.45, 7) is -0.0393. The number of nitrogens with one attached hydrogen (secondary N) is 1. The minimum absolute atomic E-state index is 0.0393. The third kappa shape index (κ3) is 3.86. The fraction of sp³-hybridized carbons (Fsp3) is 0.250. The molecule has 0 saturated heterocycles. The number of amides is 2. The van der Waals surface area contributed by atoms with Gasteiger partial charge in [-0.15, -0.1) is 5.11 Å². The molecule has 150 valence electrons. The van der Waals surface area contributed by atoms with E-state index in [0.717, 1.165) is 5.56 Å². The first kappa shape index (κ1) is 19.2. The van der Waals surface area contributed by atoms with E-state index in [-0.39, 0.29) is 18.3 Å². The van der Waals surface area contributed by atoms with Crippen LogP contribution >= 0.6 is 0 Å². The van der Waals surface area contributed by atoms with E-state index in [9.17, 15) is 9.59 Å². The quantitative estimate of drug-likeness (QED) is 0.820. The van der Waals surface area contributed by atoms with Gasteiger partial charge in [0.05, 0.1) is 11.6 Å². The zero-order valence-electron chi connectivity index (χ0n) is 16.0. The second-order valence-electron chi connectivity index (χ2n) is 6.72. The van der Waals surface area contributed by atoms with E-state index >= 15 is 0 Å². The molecule has 0 bridgehead atoms. The van der Waals surface area contributed by atoms with Gasteiger partial charge in [0.1, 0.15) is 12.6 Å². The van der Waals surface area contributed by atoms with Gasteiger partial charge in [-0.05, 0) is 29.8 Å². The van der Waals surface area contributed by atoms with Crippen molar-refractivity contribution in [3.8, 4) is 11.8 Å². The number of pyridine rings is 1. The first-order valence-corrected chi connectivity index (χ1v) is 9.19. The van der Waals surface area contributed by atoms with Crippen molar-refractivity contribution in [3.05, 3.63) is 53.7 Å². The van der Waals surface area contributed by atoms with Crippen LogP contribution in [0.1, 0.15) is 11.1 Å². The number of aliphatic imine (C=N–C) groups is 1. The topological polar surface area (TPSA) is 132 Å². The number of benzene rings is 1. The molecule has 2 atom stereocenters. The predicted molar refractivity (Wildman–Crippen MR) is 106 cm³/mol. The molecule has 2 aliphatic rings. The van der Waals surface area contributed by atoms with Gasteiger partial charge in [0, 0.05) is 19.7 Å². The Morgan fingerprint density at radius 3 is 3.07 bits per heavy atom. The van der Waals surface area contributed by atoms with Crippen LogP contribution in [0.4, 0.5) is 5.82 Å². The number of hydrogen-bond acceptors (Lipinski definition) is 8. The van der Waals surface area contributed by atoms with E-state index in [4.69, 9.17) is 10.00 Å². The average Bonchev–Trinajstić information content (AvgIpc) is 3.20. The highest BCUT2D eigenvalue weighted by Gasteiger charge is 2.33. The van der Waals surface area contributed by atoms with Gasteiger partial charge >= 0.3 is 0 Å². The standard InChI is InChI=1S/C20H17N7O3/c1-27-18-15(6-3-7-22-18)30-11-14(20(27)29)23-19(28)17-24-16(25-26-17)9-12-4-2-5-13(8-12)10-21/h2-8,14,16H,9,11H2,1H3,(H,23,28)/t14-,16?/m0/s1. The van der Waals surface area contributed by atoms with E-state index in [1.165, 1.54) is 4.90 Å². The molecule has 30 heavy (non-hydrogen) atoms. The van der Waals surface area contributed by atoms with Gasteiger partial charge in [-0.1, -0.05) is 12.1 Å². The summed E-state index contributed by atoms with van der Waals surface area (Å²) in [4.78, 5) is 35.0. The monoisotopic (exact) mass is 403 g/mol. The van der Waals surface area contributed by atoms with Gasteiger partial charge in [0.25, 0.3) is 11.8 Å². The van der Waals surface area contributed by atoms with E-state index in [1.54, 1.807) is 43.6 Å². The largest absolute Gasteiger partial charge is 0.487 e. The van der Waals surface area contributed by atoms with Crippen molar-refractivity contribution in [2.75, 3.05) is 18.6 Å². The number of azo groups is 1. The van der Waals surface area contributed by atoms with Crippen LogP contribution in [0.3, 0.4) is 0 Å². The number of anilines is 1. The number of fused-ring (bicyclic) bond motifs is 1. The molecule has 1 N–H and O–H groups in total. The van der Waals surface area contributed by atoms with Gasteiger partial charge in [-0.2, -0.15) is 10.4 Å². The summed E-state index contributed by atoms with van der Waals surface area (Å²) < 4.78 is 5.63. The Morgan fingerprint density at radius 2 is 2.23 bits per heavy atom. The molecule has 2 aromatic rings. The number of carbonyl (C=O) groups is 2. The van der Waals surface area contributed by atoms with E-state index in [1.807, 2.05) is 6.07 Å². The summed E-state index contributed by atoms with van der Waals surface area (Å²) in [5, 5.41) is 19.5. The molecular formula is C20H17N7O3. The van der Waals surface area contributed by atoms with Crippen LogP contribution in [0.2, 0.25) is 0 Å². The Labute approximate surface area is 171 Å². The number of ether oxygens (including phenoxy) is 1. The number of amidine groups is 1. The number of aromatic nitrogens is 1. The molecule has 2 aliphatic heterocycles. The van der Waals surface area contributed by atoms with E-state index in [2.05, 4.69) is 31.6 Å². The number of nitrogens with zero attached hydrogens (tertiary/aromatic N) is 6. The number of carbonyl (C=O) groups excluding carboxylic acids is 2. The van der Waals surface area contributed by atoms with Gasteiger partial charge in [-0.25, -0.2) is 9.98 Å². The lowest BCUT2D eigenvalue weighted by Gasteiger charge is -2.19. The van der Waals surface area contributed by atoms with Gasteiger partial charge < -0.3 is 10.1 Å². The molecule has 0 saturated carbocycles. The first-order valence-electron chi connectivity index (χ1n) is 9.19. The number of hydrogen-bond donors (Lipinski definition) is 1. The minimum atomic E-state index is -0.916. The highest BCUT2D eigenvalue weighted by atomic mass is 16.5. The second kappa shape index (κ2) is 8.08. The maximum Gasteiger partial charge on any atom is 0.291 e. The van der Waals surface area contributed by atoms with Gasteiger partial charge in [0.2, 0.25) is 5.84 Å². The van der Waals surface area contributed by atoms with Crippen molar-refractivity contribution in [1.82, 2.24) is 10.3 Å². The molecule has 0 spiro atoms. The van der Waals surface area contributed by atoms with Crippen molar-refractivity contribution in [1.29, 1.82) is 5.26 Å². The fourth-order valence-corrected chi connectivity index (χ4v) is 3.14. The molecule has 0 aliphatic carbocycles. The molecule has 1 aromatic carbocycles. The maximum atomic E-state index is 12.7. The Kier molecular flexibility index (Phi) is 5.17. The highest BCUT2D eigenvalue weighted by Crippen LogP contribution is 2.27. The smallest absolute Gasteiger partial charge is 0.291 e. The SMILES string of the molecule is CN1C(=O)[C@@H](NC(=O)C2=NC(Cc3cccc(C#N)c3)N=N2)COc2cccnc21. The third-order valence-corrected chi connectivity index (χ3v) is 4.64. The highest BCUT2D eigenvalue weighted by molar-refractivity contribution is 6.38. The average molecular weight is 403 g/mol. The summed E-state index contributed by atoms with van der Waals surface area (Å²) >= 11 is 0. The molecule has 3 heterocycles. The normalized spacial score (nSPS) is 19.9. The van der Waals surface area contributed by atoms with Crippen LogP contribution in [0.5, 0.6) is 5.75 Å². The van der Waals surface area contributed by atoms with Crippen LogP contribution in [0.15, 0.2) is 57.8 Å². The molecule has 2 amide bonds. The van der Waals surface area contributed by atoms with Crippen LogP contribution in [0, 0.1) is 11.3 Å². The lowest BCUT2D eigenvalue weighted by Crippen LogP contribution is -2.50. The van der Waals surface area contributed by atoms with Crippen LogP contribution in [-0.2, 0) is 16.0 Å². The molecule has 4 rings (SSSR count). The van der Waals surface area contributed by atoms with Crippen molar-refractivity contribution >= 4 is 23.5 Å². The minimum Gasteiger partial charge on any atom is -0.487 e. The van der Waals surface area contributed by atoms with Crippen molar-refractivity contribution < 1.29 is 14.3 Å². The summed E-state index contributed by atoms with van der Waals surface area (Å²) in [6, 6.07) is 11.7. The molecule has 0 fully saturated rings. The zero-order valence-corrected chi connectivity index (χ0v) is 16.0. The van der Waals surface area contributed by atoms with Crippen LogP contribution < -0.4 is 15.0 Å². The van der Waals surface area contributed by atoms with Crippen molar-refractivity contribution in [2.45, 2.75) is 18.6 Å².